The average molecular weight is 328 g/mol. The first-order valence-corrected chi connectivity index (χ1v) is 9.22. The molecule has 1 saturated carbocycles. The Labute approximate surface area is 144 Å². The van der Waals surface area contributed by atoms with E-state index in [2.05, 4.69) is 48.9 Å². The molecule has 4 nitrogen and oxygen atoms in total. The van der Waals surface area contributed by atoms with Gasteiger partial charge in [-0.15, -0.1) is 0 Å². The topological polar surface area (TPSA) is 32.8 Å². The Kier molecular flexibility index (Phi) is 3.83. The van der Waals surface area contributed by atoms with Crippen molar-refractivity contribution < 1.29 is 9.53 Å². The number of carbonyl (C=O) groups excluding carboxylic acids is 1. The molecule has 24 heavy (non-hydrogen) atoms. The Hall–Kier alpha value is -1.55. The zero-order valence-corrected chi connectivity index (χ0v) is 15.0. The van der Waals surface area contributed by atoms with Crippen molar-refractivity contribution in [3.05, 3.63) is 29.3 Å². The fourth-order valence-corrected chi connectivity index (χ4v) is 4.15. The second-order valence-corrected chi connectivity index (χ2v) is 8.21. The molecule has 0 radical (unpaired) electrons. The first-order chi connectivity index (χ1) is 11.5. The van der Waals surface area contributed by atoms with Crippen LogP contribution >= 0.6 is 0 Å². The number of aryl methyl sites for hydroxylation is 1. The van der Waals surface area contributed by atoms with E-state index in [0.29, 0.717) is 18.4 Å². The van der Waals surface area contributed by atoms with Gasteiger partial charge in [-0.1, -0.05) is 24.6 Å². The zero-order chi connectivity index (χ0) is 16.9. The highest BCUT2D eigenvalue weighted by Crippen LogP contribution is 2.42. The summed E-state index contributed by atoms with van der Waals surface area (Å²) in [5.74, 6) is 2.09. The zero-order valence-electron chi connectivity index (χ0n) is 15.0. The summed E-state index contributed by atoms with van der Waals surface area (Å²) in [7, 11) is 2.16. The van der Waals surface area contributed by atoms with E-state index in [9.17, 15) is 4.79 Å². The normalized spacial score (nSPS) is 28.9. The summed E-state index contributed by atoms with van der Waals surface area (Å²) >= 11 is 0. The largest absolute Gasteiger partial charge is 0.485 e. The van der Waals surface area contributed by atoms with Crippen LogP contribution in [0.15, 0.2) is 18.2 Å². The molecule has 2 fully saturated rings. The number of ether oxygens (including phenoxy) is 1. The van der Waals surface area contributed by atoms with Gasteiger partial charge in [0.25, 0.3) is 0 Å². The van der Waals surface area contributed by atoms with Gasteiger partial charge in [-0.3, -0.25) is 4.79 Å². The summed E-state index contributed by atoms with van der Waals surface area (Å²) in [6, 6.07) is 6.39. The second-order valence-electron chi connectivity index (χ2n) is 8.21. The molecular formula is C20H28N2O2. The summed E-state index contributed by atoms with van der Waals surface area (Å²) < 4.78 is 6.58. The first kappa shape index (κ1) is 15.9. The molecule has 2 atom stereocenters. The van der Waals surface area contributed by atoms with E-state index in [1.165, 1.54) is 5.56 Å². The minimum atomic E-state index is -0.221. The molecule has 1 saturated heterocycles. The number of likely N-dealkylation sites (tertiary alicyclic amines) is 1. The third-order valence-corrected chi connectivity index (χ3v) is 6.02. The lowest BCUT2D eigenvalue weighted by Gasteiger charge is -2.41. The fraction of sp³-hybridized carbons (Fsp3) is 0.650. The molecule has 0 bridgehead atoms. The number of rotatable bonds is 1. The summed E-state index contributed by atoms with van der Waals surface area (Å²) in [5.41, 5.74) is 2.16. The Balaban J connectivity index is 1.66. The van der Waals surface area contributed by atoms with E-state index >= 15 is 0 Å². The van der Waals surface area contributed by atoms with Gasteiger partial charge in [-0.05, 0) is 32.4 Å². The van der Waals surface area contributed by atoms with Gasteiger partial charge in [0, 0.05) is 44.0 Å². The van der Waals surface area contributed by atoms with Crippen LogP contribution < -0.4 is 4.74 Å². The first-order valence-electron chi connectivity index (χ1n) is 9.22. The van der Waals surface area contributed by atoms with Crippen molar-refractivity contribution >= 4 is 5.91 Å². The molecule has 1 aromatic carbocycles. The molecule has 0 N–H and O–H groups in total. The van der Waals surface area contributed by atoms with E-state index in [-0.39, 0.29) is 11.5 Å². The van der Waals surface area contributed by atoms with E-state index in [1.54, 1.807) is 0 Å². The molecule has 3 aliphatic rings. The van der Waals surface area contributed by atoms with Gasteiger partial charge < -0.3 is 14.5 Å². The third-order valence-electron chi connectivity index (χ3n) is 6.02. The maximum atomic E-state index is 13.0. The standard InChI is InChI=1S/C20H28N2O2/c1-14-4-5-18-16(10-14)12-22(19(23)17-11-15(17)2)13-20(24-18)6-8-21(3)9-7-20/h4-5,10,15,17H,6-9,11-13H2,1-3H3. The molecule has 130 valence electrons. The molecule has 0 aromatic heterocycles. The molecule has 1 amide bonds. The van der Waals surface area contributed by atoms with Crippen molar-refractivity contribution in [2.24, 2.45) is 11.8 Å². The van der Waals surface area contributed by atoms with Crippen molar-refractivity contribution in [2.75, 3.05) is 26.7 Å². The van der Waals surface area contributed by atoms with Crippen LogP contribution in [0.1, 0.15) is 37.3 Å². The van der Waals surface area contributed by atoms with Crippen LogP contribution in [-0.2, 0) is 11.3 Å². The van der Waals surface area contributed by atoms with Gasteiger partial charge in [0.15, 0.2) is 0 Å². The van der Waals surface area contributed by atoms with E-state index < -0.39 is 0 Å². The maximum absolute atomic E-state index is 13.0. The lowest BCUT2D eigenvalue weighted by Crippen LogP contribution is -2.53. The smallest absolute Gasteiger partial charge is 0.226 e. The highest BCUT2D eigenvalue weighted by Gasteiger charge is 2.46. The molecule has 2 aliphatic heterocycles. The van der Waals surface area contributed by atoms with Gasteiger partial charge in [0.2, 0.25) is 5.91 Å². The summed E-state index contributed by atoms with van der Waals surface area (Å²) in [5, 5.41) is 0. The van der Waals surface area contributed by atoms with Crippen molar-refractivity contribution in [1.29, 1.82) is 0 Å². The fourth-order valence-electron chi connectivity index (χ4n) is 4.15. The minimum absolute atomic E-state index is 0.221. The van der Waals surface area contributed by atoms with Gasteiger partial charge >= 0.3 is 0 Å². The van der Waals surface area contributed by atoms with Gasteiger partial charge in [-0.25, -0.2) is 0 Å². The van der Waals surface area contributed by atoms with Crippen LogP contribution in [0, 0.1) is 18.8 Å². The average Bonchev–Trinajstić information content (AvgIpc) is 3.30. The van der Waals surface area contributed by atoms with Crippen LogP contribution in [-0.4, -0.2) is 48.0 Å². The van der Waals surface area contributed by atoms with Crippen molar-refractivity contribution in [3.63, 3.8) is 0 Å². The van der Waals surface area contributed by atoms with Gasteiger partial charge in [0.05, 0.1) is 6.54 Å². The van der Waals surface area contributed by atoms with Crippen molar-refractivity contribution in [2.45, 2.75) is 45.3 Å². The quantitative estimate of drug-likeness (QED) is 0.795. The number of hydrogen-bond donors (Lipinski definition) is 0. The Morgan fingerprint density at radius 3 is 2.67 bits per heavy atom. The Bertz CT molecular complexity index is 649. The summed E-state index contributed by atoms with van der Waals surface area (Å²) in [6.45, 7) is 7.77. The van der Waals surface area contributed by atoms with E-state index in [1.807, 2.05) is 0 Å². The lowest BCUT2D eigenvalue weighted by molar-refractivity contribution is -0.136. The number of benzene rings is 1. The summed E-state index contributed by atoms with van der Waals surface area (Å²) in [6.07, 6.45) is 3.02. The van der Waals surface area contributed by atoms with Crippen molar-refractivity contribution in [3.8, 4) is 5.75 Å². The number of hydrogen-bond acceptors (Lipinski definition) is 3. The van der Waals surface area contributed by atoms with Crippen LogP contribution in [0.3, 0.4) is 0 Å². The number of carbonyl (C=O) groups is 1. The Morgan fingerprint density at radius 1 is 1.29 bits per heavy atom. The van der Waals surface area contributed by atoms with Crippen LogP contribution in [0.5, 0.6) is 5.75 Å². The monoisotopic (exact) mass is 328 g/mol. The number of fused-ring (bicyclic) bond motifs is 1. The lowest BCUT2D eigenvalue weighted by atomic mass is 9.90. The number of nitrogens with zero attached hydrogens (tertiary/aromatic N) is 2. The predicted molar refractivity (Wildman–Crippen MR) is 94.0 cm³/mol. The van der Waals surface area contributed by atoms with Crippen LogP contribution in [0.2, 0.25) is 0 Å². The SMILES string of the molecule is Cc1ccc2c(c1)CN(C(=O)C1CC1C)CC1(CCN(C)CC1)O2. The van der Waals surface area contributed by atoms with E-state index in [4.69, 9.17) is 4.74 Å². The third kappa shape index (κ3) is 2.92. The van der Waals surface area contributed by atoms with Gasteiger partial charge in [-0.2, -0.15) is 0 Å². The molecule has 4 rings (SSSR count). The Morgan fingerprint density at radius 2 is 2.00 bits per heavy atom. The van der Waals surface area contributed by atoms with Gasteiger partial charge in [0.1, 0.15) is 11.4 Å². The number of piperidine rings is 1. The molecule has 1 aromatic rings. The van der Waals surface area contributed by atoms with Crippen LogP contribution in [0.25, 0.3) is 0 Å². The molecule has 4 heteroatoms. The molecular weight excluding hydrogens is 300 g/mol. The number of amides is 1. The highest BCUT2D eigenvalue weighted by atomic mass is 16.5. The molecule has 2 heterocycles. The summed E-state index contributed by atoms with van der Waals surface area (Å²) in [4.78, 5) is 17.4. The second kappa shape index (κ2) is 5.76. The molecule has 2 unspecified atom stereocenters. The highest BCUT2D eigenvalue weighted by molar-refractivity contribution is 5.82. The van der Waals surface area contributed by atoms with Crippen molar-refractivity contribution in [1.82, 2.24) is 9.80 Å². The maximum Gasteiger partial charge on any atom is 0.226 e. The van der Waals surface area contributed by atoms with E-state index in [0.717, 1.165) is 50.2 Å². The minimum Gasteiger partial charge on any atom is -0.485 e. The van der Waals surface area contributed by atoms with Crippen LogP contribution in [0.4, 0.5) is 0 Å². The predicted octanol–water partition coefficient (Wildman–Crippen LogP) is 2.84. The molecule has 1 spiro atoms. The molecule has 1 aliphatic carbocycles.